The first-order chi connectivity index (χ1) is 13.1. The SMILES string of the molecule is Cc1ccc2c(c1)C(=O)c1c(NCCCO)ccc(NCCCO)c1C2=O. The second kappa shape index (κ2) is 8.33. The topological polar surface area (TPSA) is 98.7 Å². The number of carbonyl (C=O) groups is 2. The minimum absolute atomic E-state index is 0.0465. The van der Waals surface area contributed by atoms with Crippen molar-refractivity contribution in [3.63, 3.8) is 0 Å². The molecule has 0 spiro atoms. The molecule has 0 bridgehead atoms. The van der Waals surface area contributed by atoms with Crippen LogP contribution in [-0.2, 0) is 0 Å². The summed E-state index contributed by atoms with van der Waals surface area (Å²) in [7, 11) is 0. The normalized spacial score (nSPS) is 12.6. The Morgan fingerprint density at radius 3 is 1.81 bits per heavy atom. The van der Waals surface area contributed by atoms with E-state index in [4.69, 9.17) is 10.2 Å². The number of benzene rings is 2. The van der Waals surface area contributed by atoms with Gasteiger partial charge in [0.2, 0.25) is 0 Å². The summed E-state index contributed by atoms with van der Waals surface area (Å²) in [4.78, 5) is 26.4. The van der Waals surface area contributed by atoms with Crippen LogP contribution in [0.15, 0.2) is 30.3 Å². The third-order valence-corrected chi connectivity index (χ3v) is 4.62. The summed E-state index contributed by atoms with van der Waals surface area (Å²) >= 11 is 0. The van der Waals surface area contributed by atoms with Gasteiger partial charge in [-0.2, -0.15) is 0 Å². The van der Waals surface area contributed by atoms with Crippen LogP contribution in [0, 0.1) is 6.92 Å². The molecule has 0 fully saturated rings. The van der Waals surface area contributed by atoms with E-state index in [1.807, 2.05) is 13.0 Å². The third-order valence-electron chi connectivity index (χ3n) is 4.62. The summed E-state index contributed by atoms with van der Waals surface area (Å²) in [5.74, 6) is -0.363. The molecule has 142 valence electrons. The summed E-state index contributed by atoms with van der Waals surface area (Å²) in [6.45, 7) is 2.99. The molecule has 0 aromatic heterocycles. The monoisotopic (exact) mass is 368 g/mol. The summed E-state index contributed by atoms with van der Waals surface area (Å²) in [5.41, 5.74) is 3.67. The third kappa shape index (κ3) is 3.72. The molecule has 3 rings (SSSR count). The van der Waals surface area contributed by atoms with Crippen molar-refractivity contribution in [1.29, 1.82) is 0 Å². The predicted molar refractivity (Wildman–Crippen MR) is 105 cm³/mol. The van der Waals surface area contributed by atoms with Crippen molar-refractivity contribution in [2.45, 2.75) is 19.8 Å². The van der Waals surface area contributed by atoms with E-state index in [0.717, 1.165) is 5.56 Å². The van der Waals surface area contributed by atoms with E-state index in [9.17, 15) is 9.59 Å². The van der Waals surface area contributed by atoms with Crippen molar-refractivity contribution in [1.82, 2.24) is 0 Å². The number of rotatable bonds is 8. The van der Waals surface area contributed by atoms with Crippen LogP contribution in [0.1, 0.15) is 50.2 Å². The number of fused-ring (bicyclic) bond motifs is 2. The van der Waals surface area contributed by atoms with Gasteiger partial charge < -0.3 is 20.8 Å². The van der Waals surface area contributed by atoms with Gasteiger partial charge in [0.15, 0.2) is 11.6 Å². The number of nitrogens with one attached hydrogen (secondary N) is 2. The second-order valence-electron chi connectivity index (χ2n) is 6.63. The number of aliphatic hydroxyl groups excluding tert-OH is 2. The number of ketones is 2. The van der Waals surface area contributed by atoms with Crippen LogP contribution in [0.3, 0.4) is 0 Å². The van der Waals surface area contributed by atoms with E-state index in [1.165, 1.54) is 0 Å². The molecule has 2 aromatic carbocycles. The Labute approximate surface area is 158 Å². The summed E-state index contributed by atoms with van der Waals surface area (Å²) < 4.78 is 0. The fraction of sp³-hybridized carbons (Fsp3) is 0.333. The lowest BCUT2D eigenvalue weighted by Gasteiger charge is -2.24. The molecule has 0 radical (unpaired) electrons. The van der Waals surface area contributed by atoms with Crippen molar-refractivity contribution in [2.75, 3.05) is 36.9 Å². The molecule has 0 saturated carbocycles. The molecule has 6 nitrogen and oxygen atoms in total. The van der Waals surface area contributed by atoms with Gasteiger partial charge in [-0.1, -0.05) is 17.7 Å². The second-order valence-corrected chi connectivity index (χ2v) is 6.63. The predicted octanol–water partition coefficient (Wildman–Crippen LogP) is 2.36. The number of aliphatic hydroxyl groups is 2. The Kier molecular flexibility index (Phi) is 5.88. The van der Waals surface area contributed by atoms with E-state index < -0.39 is 0 Å². The highest BCUT2D eigenvalue weighted by atomic mass is 16.3. The highest BCUT2D eigenvalue weighted by Crippen LogP contribution is 2.36. The molecule has 27 heavy (non-hydrogen) atoms. The average Bonchev–Trinajstić information content (AvgIpc) is 2.67. The van der Waals surface area contributed by atoms with Crippen molar-refractivity contribution in [3.8, 4) is 0 Å². The zero-order valence-corrected chi connectivity index (χ0v) is 15.3. The fourth-order valence-electron chi connectivity index (χ4n) is 3.29. The number of carbonyl (C=O) groups excluding carboxylic acids is 2. The van der Waals surface area contributed by atoms with Gasteiger partial charge in [-0.15, -0.1) is 0 Å². The maximum absolute atomic E-state index is 13.2. The first kappa shape index (κ1) is 19.1. The lowest BCUT2D eigenvalue weighted by atomic mass is 9.81. The molecule has 0 heterocycles. The number of hydrogen-bond donors (Lipinski definition) is 4. The quantitative estimate of drug-likeness (QED) is 0.456. The van der Waals surface area contributed by atoms with E-state index in [0.29, 0.717) is 59.6 Å². The van der Waals surface area contributed by atoms with E-state index >= 15 is 0 Å². The smallest absolute Gasteiger partial charge is 0.196 e. The number of anilines is 2. The van der Waals surface area contributed by atoms with Crippen LogP contribution in [0.2, 0.25) is 0 Å². The summed E-state index contributed by atoms with van der Waals surface area (Å²) in [5, 5.41) is 24.3. The Hall–Kier alpha value is -2.70. The molecule has 0 unspecified atom stereocenters. The van der Waals surface area contributed by atoms with Crippen molar-refractivity contribution in [2.24, 2.45) is 0 Å². The molecular formula is C21H24N2O4. The average molecular weight is 368 g/mol. The summed E-state index contributed by atoms with van der Waals surface area (Å²) in [6, 6.07) is 8.85. The Morgan fingerprint density at radius 2 is 1.30 bits per heavy atom. The fourth-order valence-corrected chi connectivity index (χ4v) is 3.29. The number of hydrogen-bond acceptors (Lipinski definition) is 6. The lowest BCUT2D eigenvalue weighted by molar-refractivity contribution is 0.0980. The molecule has 6 heteroatoms. The van der Waals surface area contributed by atoms with E-state index in [1.54, 1.807) is 24.3 Å². The summed E-state index contributed by atoms with van der Waals surface area (Å²) in [6.07, 6.45) is 1.09. The molecule has 0 atom stereocenters. The maximum Gasteiger partial charge on any atom is 0.196 e. The van der Waals surface area contributed by atoms with Crippen LogP contribution in [0.5, 0.6) is 0 Å². The van der Waals surface area contributed by atoms with E-state index in [2.05, 4.69) is 10.6 Å². The van der Waals surface area contributed by atoms with Crippen LogP contribution in [-0.4, -0.2) is 48.1 Å². The molecule has 2 aromatic rings. The molecular weight excluding hydrogens is 344 g/mol. The number of aryl methyl sites for hydroxylation is 1. The van der Waals surface area contributed by atoms with Crippen molar-refractivity contribution >= 4 is 22.9 Å². The minimum Gasteiger partial charge on any atom is -0.396 e. The van der Waals surface area contributed by atoms with Gasteiger partial charge in [0.25, 0.3) is 0 Å². The van der Waals surface area contributed by atoms with Gasteiger partial charge in [-0.3, -0.25) is 9.59 Å². The molecule has 1 aliphatic rings. The largest absolute Gasteiger partial charge is 0.396 e. The van der Waals surface area contributed by atoms with Crippen molar-refractivity contribution in [3.05, 3.63) is 58.1 Å². The Balaban J connectivity index is 2.10. The standard InChI is InChI=1S/C21H24N2O4/c1-13-4-5-14-15(12-13)21(27)19-17(23-9-3-11-25)7-6-16(18(19)20(14)26)22-8-2-10-24/h4-7,12,22-25H,2-3,8-11H2,1H3. The van der Waals surface area contributed by atoms with Crippen LogP contribution in [0.25, 0.3) is 0 Å². The van der Waals surface area contributed by atoms with Crippen LogP contribution < -0.4 is 10.6 Å². The zero-order chi connectivity index (χ0) is 19.4. The lowest BCUT2D eigenvalue weighted by Crippen LogP contribution is -2.25. The van der Waals surface area contributed by atoms with Gasteiger partial charge in [-0.25, -0.2) is 0 Å². The molecule has 1 aliphatic carbocycles. The van der Waals surface area contributed by atoms with E-state index in [-0.39, 0.29) is 24.8 Å². The first-order valence-corrected chi connectivity index (χ1v) is 9.15. The zero-order valence-electron chi connectivity index (χ0n) is 15.3. The highest BCUT2D eigenvalue weighted by Gasteiger charge is 2.33. The molecule has 0 amide bonds. The molecule has 0 saturated heterocycles. The highest BCUT2D eigenvalue weighted by molar-refractivity contribution is 6.32. The molecule has 0 aliphatic heterocycles. The first-order valence-electron chi connectivity index (χ1n) is 9.15. The van der Waals surface area contributed by atoms with Gasteiger partial charge >= 0.3 is 0 Å². The molecule has 4 N–H and O–H groups in total. The van der Waals surface area contributed by atoms with Gasteiger partial charge in [0, 0.05) is 48.8 Å². The minimum atomic E-state index is -0.183. The van der Waals surface area contributed by atoms with Crippen LogP contribution >= 0.6 is 0 Å². The van der Waals surface area contributed by atoms with Crippen molar-refractivity contribution < 1.29 is 19.8 Å². The van der Waals surface area contributed by atoms with Gasteiger partial charge in [0.1, 0.15) is 0 Å². The Morgan fingerprint density at radius 1 is 0.778 bits per heavy atom. The maximum atomic E-state index is 13.2. The van der Waals surface area contributed by atoms with Gasteiger partial charge in [0.05, 0.1) is 11.1 Å². The van der Waals surface area contributed by atoms with Crippen LogP contribution in [0.4, 0.5) is 11.4 Å². The van der Waals surface area contributed by atoms with Gasteiger partial charge in [-0.05, 0) is 38.0 Å². The Bertz CT molecular complexity index is 877.